The van der Waals surface area contributed by atoms with Crippen LogP contribution in [0.4, 0.5) is 5.69 Å². The molecule has 4 heteroatoms. The Morgan fingerprint density at radius 3 is 2.67 bits per heavy atom. The van der Waals surface area contributed by atoms with Crippen molar-refractivity contribution in [2.24, 2.45) is 5.73 Å². The Labute approximate surface area is 86.9 Å². The van der Waals surface area contributed by atoms with E-state index in [4.69, 9.17) is 11.5 Å². The van der Waals surface area contributed by atoms with Crippen LogP contribution in [0.25, 0.3) is 10.9 Å². The van der Waals surface area contributed by atoms with Crippen molar-refractivity contribution in [3.8, 4) is 0 Å². The van der Waals surface area contributed by atoms with Crippen LogP contribution < -0.4 is 11.5 Å². The highest BCUT2D eigenvalue weighted by Gasteiger charge is 2.13. The maximum Gasteiger partial charge on any atom is 0.251 e. The molecule has 1 amide bonds. The summed E-state index contributed by atoms with van der Waals surface area (Å²) in [6, 6.07) is 7.30. The minimum Gasteiger partial charge on any atom is -0.397 e. The van der Waals surface area contributed by atoms with Gasteiger partial charge in [0.1, 0.15) is 0 Å². The van der Waals surface area contributed by atoms with Crippen molar-refractivity contribution in [3.05, 3.63) is 35.5 Å². The van der Waals surface area contributed by atoms with Crippen LogP contribution in [0, 0.1) is 6.92 Å². The number of carbonyl (C=O) groups is 1. The Balaban J connectivity index is 2.95. The molecule has 1 aromatic heterocycles. The molecule has 76 valence electrons. The van der Waals surface area contributed by atoms with E-state index in [0.717, 1.165) is 5.52 Å². The Morgan fingerprint density at radius 2 is 2.00 bits per heavy atom. The molecule has 4 nitrogen and oxygen atoms in total. The Morgan fingerprint density at radius 1 is 1.33 bits per heavy atom. The maximum atomic E-state index is 11.3. The highest BCUT2D eigenvalue weighted by atomic mass is 16.1. The molecular weight excluding hydrogens is 190 g/mol. The molecule has 0 aliphatic rings. The first kappa shape index (κ1) is 9.45. The second kappa shape index (κ2) is 3.24. The first-order valence-electron chi connectivity index (χ1n) is 4.56. The van der Waals surface area contributed by atoms with Crippen molar-refractivity contribution in [2.75, 3.05) is 5.73 Å². The topological polar surface area (TPSA) is 82.0 Å². The second-order valence-electron chi connectivity index (χ2n) is 3.37. The number of rotatable bonds is 1. The van der Waals surface area contributed by atoms with Crippen LogP contribution in [-0.4, -0.2) is 10.9 Å². The molecule has 4 N–H and O–H groups in total. The predicted molar refractivity (Wildman–Crippen MR) is 59.4 cm³/mol. The molecule has 0 aliphatic carbocycles. The second-order valence-corrected chi connectivity index (χ2v) is 3.37. The fourth-order valence-corrected chi connectivity index (χ4v) is 1.61. The molecular formula is C11H11N3O. The third-order valence-electron chi connectivity index (χ3n) is 2.37. The molecule has 0 aliphatic heterocycles. The van der Waals surface area contributed by atoms with E-state index in [1.54, 1.807) is 13.0 Å². The first-order valence-corrected chi connectivity index (χ1v) is 4.56. The fourth-order valence-electron chi connectivity index (χ4n) is 1.61. The van der Waals surface area contributed by atoms with E-state index in [2.05, 4.69) is 4.98 Å². The Bertz CT molecular complexity index is 549. The van der Waals surface area contributed by atoms with E-state index >= 15 is 0 Å². The van der Waals surface area contributed by atoms with Gasteiger partial charge in [-0.15, -0.1) is 0 Å². The van der Waals surface area contributed by atoms with E-state index in [9.17, 15) is 4.79 Å². The number of hydrogen-bond acceptors (Lipinski definition) is 3. The Hall–Kier alpha value is -2.10. The minimum atomic E-state index is -0.519. The lowest BCUT2D eigenvalue weighted by Gasteiger charge is -2.08. The summed E-state index contributed by atoms with van der Waals surface area (Å²) in [4.78, 5) is 15.6. The Kier molecular flexibility index (Phi) is 2.04. The van der Waals surface area contributed by atoms with Gasteiger partial charge < -0.3 is 11.5 Å². The lowest BCUT2D eigenvalue weighted by molar-refractivity contribution is 0.100. The molecule has 0 saturated heterocycles. The lowest BCUT2D eigenvalue weighted by atomic mass is 10.1. The van der Waals surface area contributed by atoms with Crippen molar-refractivity contribution in [1.29, 1.82) is 0 Å². The van der Waals surface area contributed by atoms with Crippen molar-refractivity contribution >= 4 is 22.5 Å². The standard InChI is InChI=1S/C11H11N3O/c1-6-10(12)9(11(13)15)7-4-2-3-5-8(7)14-6/h2-5H,12H2,1H3,(H2,13,15). The van der Waals surface area contributed by atoms with E-state index < -0.39 is 5.91 Å². The largest absolute Gasteiger partial charge is 0.397 e. The van der Waals surface area contributed by atoms with Gasteiger partial charge in [0.2, 0.25) is 0 Å². The molecule has 15 heavy (non-hydrogen) atoms. The summed E-state index contributed by atoms with van der Waals surface area (Å²) < 4.78 is 0. The number of fused-ring (bicyclic) bond motifs is 1. The number of benzene rings is 1. The average Bonchev–Trinajstić information content (AvgIpc) is 2.19. The van der Waals surface area contributed by atoms with Gasteiger partial charge in [-0.1, -0.05) is 18.2 Å². The summed E-state index contributed by atoms with van der Waals surface area (Å²) in [6.45, 7) is 1.76. The number of hydrogen-bond donors (Lipinski definition) is 2. The van der Waals surface area contributed by atoms with Crippen LogP contribution in [0.5, 0.6) is 0 Å². The zero-order valence-corrected chi connectivity index (χ0v) is 8.32. The average molecular weight is 201 g/mol. The number of primary amides is 1. The quantitative estimate of drug-likeness (QED) is 0.727. The molecule has 1 heterocycles. The van der Waals surface area contributed by atoms with Gasteiger partial charge in [-0.2, -0.15) is 0 Å². The summed E-state index contributed by atoms with van der Waals surface area (Å²) in [5.74, 6) is -0.519. The van der Waals surface area contributed by atoms with Gasteiger partial charge in [-0.05, 0) is 13.0 Å². The monoisotopic (exact) mass is 201 g/mol. The van der Waals surface area contributed by atoms with Crippen LogP contribution in [0.2, 0.25) is 0 Å². The van der Waals surface area contributed by atoms with Crippen LogP contribution in [0.15, 0.2) is 24.3 Å². The number of anilines is 1. The van der Waals surface area contributed by atoms with Gasteiger partial charge in [-0.25, -0.2) is 0 Å². The van der Waals surface area contributed by atoms with E-state index in [1.165, 1.54) is 0 Å². The van der Waals surface area contributed by atoms with Gasteiger partial charge in [0, 0.05) is 5.39 Å². The van der Waals surface area contributed by atoms with Crippen LogP contribution in [0.3, 0.4) is 0 Å². The molecule has 2 aromatic rings. The molecule has 0 bridgehead atoms. The van der Waals surface area contributed by atoms with Gasteiger partial charge in [0.15, 0.2) is 0 Å². The van der Waals surface area contributed by atoms with E-state index in [1.807, 2.05) is 18.2 Å². The van der Waals surface area contributed by atoms with Crippen LogP contribution >= 0.6 is 0 Å². The van der Waals surface area contributed by atoms with Crippen LogP contribution in [-0.2, 0) is 0 Å². The number of amides is 1. The number of nitrogens with zero attached hydrogens (tertiary/aromatic N) is 1. The minimum absolute atomic E-state index is 0.359. The number of pyridine rings is 1. The summed E-state index contributed by atoms with van der Waals surface area (Å²) in [5.41, 5.74) is 13.2. The predicted octanol–water partition coefficient (Wildman–Crippen LogP) is 1.22. The zero-order valence-electron chi connectivity index (χ0n) is 8.32. The molecule has 0 spiro atoms. The molecule has 0 saturated carbocycles. The maximum absolute atomic E-state index is 11.3. The van der Waals surface area contributed by atoms with E-state index in [-0.39, 0.29) is 0 Å². The summed E-state index contributed by atoms with van der Waals surface area (Å²) in [6.07, 6.45) is 0. The summed E-state index contributed by atoms with van der Waals surface area (Å²) in [5, 5.41) is 0.702. The number of aryl methyl sites for hydroxylation is 1. The van der Waals surface area contributed by atoms with Crippen molar-refractivity contribution in [1.82, 2.24) is 4.98 Å². The molecule has 0 atom stereocenters. The summed E-state index contributed by atoms with van der Waals surface area (Å²) in [7, 11) is 0. The molecule has 2 rings (SSSR count). The van der Waals surface area contributed by atoms with Gasteiger partial charge >= 0.3 is 0 Å². The van der Waals surface area contributed by atoms with Gasteiger partial charge in [0.25, 0.3) is 5.91 Å². The lowest BCUT2D eigenvalue weighted by Crippen LogP contribution is -2.15. The van der Waals surface area contributed by atoms with E-state index in [0.29, 0.717) is 22.3 Å². The molecule has 0 radical (unpaired) electrons. The fraction of sp³-hybridized carbons (Fsp3) is 0.0909. The number of nitrogens with two attached hydrogens (primary N) is 2. The van der Waals surface area contributed by atoms with Crippen molar-refractivity contribution in [2.45, 2.75) is 6.92 Å². The normalized spacial score (nSPS) is 10.5. The van der Waals surface area contributed by atoms with Crippen molar-refractivity contribution in [3.63, 3.8) is 0 Å². The van der Waals surface area contributed by atoms with Gasteiger partial charge in [0.05, 0.1) is 22.5 Å². The molecule has 0 fully saturated rings. The third-order valence-corrected chi connectivity index (χ3v) is 2.37. The first-order chi connectivity index (χ1) is 7.11. The number of aromatic nitrogens is 1. The SMILES string of the molecule is Cc1nc2ccccc2c(C(N)=O)c1N. The zero-order chi connectivity index (χ0) is 11.0. The van der Waals surface area contributed by atoms with Gasteiger partial charge in [-0.3, -0.25) is 9.78 Å². The summed E-state index contributed by atoms with van der Waals surface area (Å²) >= 11 is 0. The van der Waals surface area contributed by atoms with Crippen molar-refractivity contribution < 1.29 is 4.79 Å². The number of para-hydroxylation sites is 1. The highest BCUT2D eigenvalue weighted by molar-refractivity contribution is 6.10. The smallest absolute Gasteiger partial charge is 0.251 e. The number of nitrogen functional groups attached to an aromatic ring is 1. The third kappa shape index (κ3) is 1.40. The highest BCUT2D eigenvalue weighted by Crippen LogP contribution is 2.24. The molecule has 0 unspecified atom stereocenters. The van der Waals surface area contributed by atoms with Crippen LogP contribution in [0.1, 0.15) is 16.1 Å². The number of carbonyl (C=O) groups excluding carboxylic acids is 1. The molecule has 1 aromatic carbocycles.